The predicted octanol–water partition coefficient (Wildman–Crippen LogP) is 3.72. The van der Waals surface area contributed by atoms with E-state index >= 15 is 0 Å². The molecule has 1 atom stereocenters. The number of hydrogen-bond donors (Lipinski definition) is 1. The lowest BCUT2D eigenvalue weighted by Crippen LogP contribution is -2.27. The number of halogens is 3. The van der Waals surface area contributed by atoms with Crippen molar-refractivity contribution in [2.45, 2.75) is 25.6 Å². The monoisotopic (exact) mass is 297 g/mol. The molecular formula is C15H14F3NO2. The lowest BCUT2D eigenvalue weighted by molar-refractivity contribution is -0.137. The third kappa shape index (κ3) is 4.11. The van der Waals surface area contributed by atoms with Crippen LogP contribution in [-0.2, 0) is 17.4 Å². The molecule has 1 aromatic carbocycles. The van der Waals surface area contributed by atoms with Crippen LogP contribution in [0.3, 0.4) is 0 Å². The third-order valence-electron chi connectivity index (χ3n) is 2.97. The number of alkyl halides is 3. The molecule has 0 radical (unpaired) electrons. The maximum Gasteiger partial charge on any atom is 0.416 e. The third-order valence-corrected chi connectivity index (χ3v) is 2.97. The molecule has 21 heavy (non-hydrogen) atoms. The molecule has 0 aliphatic rings. The largest absolute Gasteiger partial charge is 0.467 e. The molecule has 0 aliphatic carbocycles. The molecule has 1 unspecified atom stereocenters. The SMILES string of the molecule is CC(NC(=O)Cc1cccc(C(F)(F)F)c1)c1ccco1. The Hall–Kier alpha value is -2.24. The molecule has 3 nitrogen and oxygen atoms in total. The van der Waals surface area contributed by atoms with E-state index in [1.165, 1.54) is 18.4 Å². The van der Waals surface area contributed by atoms with Crippen LogP contribution in [0, 0.1) is 0 Å². The number of rotatable bonds is 4. The van der Waals surface area contributed by atoms with Gasteiger partial charge in [-0.25, -0.2) is 0 Å². The Morgan fingerprint density at radius 2 is 2.05 bits per heavy atom. The normalized spacial score (nSPS) is 13.0. The number of carbonyl (C=O) groups is 1. The highest BCUT2D eigenvalue weighted by molar-refractivity contribution is 5.79. The number of furan rings is 1. The van der Waals surface area contributed by atoms with Gasteiger partial charge in [0.05, 0.1) is 24.3 Å². The van der Waals surface area contributed by atoms with Crippen molar-refractivity contribution >= 4 is 5.91 Å². The van der Waals surface area contributed by atoms with Crippen LogP contribution in [0.1, 0.15) is 29.9 Å². The average Bonchev–Trinajstić information content (AvgIpc) is 2.91. The standard InChI is InChI=1S/C15H14F3NO2/c1-10(13-6-3-7-21-13)19-14(20)9-11-4-2-5-12(8-11)15(16,17)18/h2-8,10H,9H2,1H3,(H,19,20). The lowest BCUT2D eigenvalue weighted by Gasteiger charge is -2.12. The smallest absolute Gasteiger partial charge is 0.416 e. The van der Waals surface area contributed by atoms with E-state index in [1.54, 1.807) is 19.1 Å². The van der Waals surface area contributed by atoms with Gasteiger partial charge in [0, 0.05) is 0 Å². The van der Waals surface area contributed by atoms with Crippen LogP contribution < -0.4 is 5.32 Å². The zero-order valence-corrected chi connectivity index (χ0v) is 11.3. The maximum absolute atomic E-state index is 12.6. The summed E-state index contributed by atoms with van der Waals surface area (Å²) in [4.78, 5) is 11.8. The van der Waals surface area contributed by atoms with Gasteiger partial charge in [-0.15, -0.1) is 0 Å². The molecule has 2 aromatic rings. The van der Waals surface area contributed by atoms with Crippen molar-refractivity contribution in [3.8, 4) is 0 Å². The first-order valence-electron chi connectivity index (χ1n) is 6.35. The molecule has 6 heteroatoms. The summed E-state index contributed by atoms with van der Waals surface area (Å²) in [5, 5.41) is 2.68. The van der Waals surface area contributed by atoms with Gasteiger partial charge in [0.25, 0.3) is 0 Å². The molecule has 112 valence electrons. The maximum atomic E-state index is 12.6. The molecule has 1 N–H and O–H groups in total. The number of benzene rings is 1. The van der Waals surface area contributed by atoms with Crippen molar-refractivity contribution in [2.75, 3.05) is 0 Å². The van der Waals surface area contributed by atoms with Gasteiger partial charge >= 0.3 is 6.18 Å². The number of carbonyl (C=O) groups excluding carboxylic acids is 1. The van der Waals surface area contributed by atoms with Crippen LogP contribution in [0.15, 0.2) is 47.1 Å². The number of nitrogens with one attached hydrogen (secondary N) is 1. The lowest BCUT2D eigenvalue weighted by atomic mass is 10.1. The Morgan fingerprint density at radius 1 is 1.29 bits per heavy atom. The Morgan fingerprint density at radius 3 is 2.67 bits per heavy atom. The van der Waals surface area contributed by atoms with Gasteiger partial charge in [-0.1, -0.05) is 18.2 Å². The average molecular weight is 297 g/mol. The molecule has 1 amide bonds. The molecule has 0 fully saturated rings. The van der Waals surface area contributed by atoms with Crippen molar-refractivity contribution in [3.63, 3.8) is 0 Å². The van der Waals surface area contributed by atoms with Crippen molar-refractivity contribution in [2.24, 2.45) is 0 Å². The van der Waals surface area contributed by atoms with Crippen LogP contribution in [-0.4, -0.2) is 5.91 Å². The second-order valence-electron chi connectivity index (χ2n) is 4.68. The van der Waals surface area contributed by atoms with E-state index in [2.05, 4.69) is 5.32 Å². The summed E-state index contributed by atoms with van der Waals surface area (Å²) in [6.45, 7) is 1.74. The molecule has 0 aliphatic heterocycles. The van der Waals surface area contributed by atoms with Crippen molar-refractivity contribution in [1.29, 1.82) is 0 Å². The topological polar surface area (TPSA) is 42.2 Å². The fourth-order valence-electron chi connectivity index (χ4n) is 1.94. The first-order chi connectivity index (χ1) is 9.86. The van der Waals surface area contributed by atoms with Gasteiger partial charge in [0.2, 0.25) is 5.91 Å². The quantitative estimate of drug-likeness (QED) is 0.934. The number of hydrogen-bond acceptors (Lipinski definition) is 2. The van der Waals surface area contributed by atoms with Crippen LogP contribution in [0.5, 0.6) is 0 Å². The summed E-state index contributed by atoms with van der Waals surface area (Å²) in [5.41, 5.74) is -0.444. The van der Waals surface area contributed by atoms with E-state index in [-0.39, 0.29) is 18.4 Å². The summed E-state index contributed by atoms with van der Waals surface area (Å²) < 4.78 is 42.9. The van der Waals surface area contributed by atoms with Crippen LogP contribution >= 0.6 is 0 Å². The summed E-state index contributed by atoms with van der Waals surface area (Å²) in [6.07, 6.45) is -3.03. The van der Waals surface area contributed by atoms with Gasteiger partial charge in [-0.05, 0) is 30.7 Å². The van der Waals surface area contributed by atoms with Gasteiger partial charge in [-0.2, -0.15) is 13.2 Å². The number of amides is 1. The first kappa shape index (κ1) is 15.2. The van der Waals surface area contributed by atoms with E-state index in [4.69, 9.17) is 4.42 Å². The van der Waals surface area contributed by atoms with Crippen molar-refractivity contribution < 1.29 is 22.4 Å². The van der Waals surface area contributed by atoms with Gasteiger partial charge in [-0.3, -0.25) is 4.79 Å². The summed E-state index contributed by atoms with van der Waals surface area (Å²) >= 11 is 0. The van der Waals surface area contributed by atoms with Gasteiger partial charge in [0.15, 0.2) is 0 Å². The zero-order valence-electron chi connectivity index (χ0n) is 11.3. The minimum absolute atomic E-state index is 0.116. The summed E-state index contributed by atoms with van der Waals surface area (Å²) in [5.74, 6) is 0.227. The van der Waals surface area contributed by atoms with Crippen molar-refractivity contribution in [1.82, 2.24) is 5.32 Å². The summed E-state index contributed by atoms with van der Waals surface area (Å²) in [7, 11) is 0. The van der Waals surface area contributed by atoms with Gasteiger partial charge in [0.1, 0.15) is 5.76 Å². The molecule has 1 heterocycles. The Bertz CT molecular complexity index is 606. The molecule has 2 rings (SSSR count). The van der Waals surface area contributed by atoms with Crippen LogP contribution in [0.25, 0.3) is 0 Å². The fourth-order valence-corrected chi connectivity index (χ4v) is 1.94. The van der Waals surface area contributed by atoms with Crippen LogP contribution in [0.2, 0.25) is 0 Å². The molecular weight excluding hydrogens is 283 g/mol. The fraction of sp³-hybridized carbons (Fsp3) is 0.267. The highest BCUT2D eigenvalue weighted by atomic mass is 19.4. The second-order valence-corrected chi connectivity index (χ2v) is 4.68. The molecule has 1 aromatic heterocycles. The van der Waals surface area contributed by atoms with Gasteiger partial charge < -0.3 is 9.73 Å². The van der Waals surface area contributed by atoms with E-state index in [0.29, 0.717) is 11.3 Å². The Kier molecular flexibility index (Phi) is 4.35. The first-order valence-corrected chi connectivity index (χ1v) is 6.35. The Labute approximate surface area is 119 Å². The zero-order chi connectivity index (χ0) is 15.5. The highest BCUT2D eigenvalue weighted by Crippen LogP contribution is 2.29. The minimum atomic E-state index is -4.41. The molecule has 0 spiro atoms. The molecule has 0 saturated carbocycles. The summed E-state index contributed by atoms with van der Waals surface area (Å²) in [6, 6.07) is 7.83. The second kappa shape index (κ2) is 6.03. The molecule has 0 bridgehead atoms. The predicted molar refractivity (Wildman–Crippen MR) is 70.4 cm³/mol. The highest BCUT2D eigenvalue weighted by Gasteiger charge is 2.30. The van der Waals surface area contributed by atoms with Crippen LogP contribution in [0.4, 0.5) is 13.2 Å². The van der Waals surface area contributed by atoms with Crippen molar-refractivity contribution in [3.05, 3.63) is 59.5 Å². The van der Waals surface area contributed by atoms with E-state index < -0.39 is 11.7 Å². The van der Waals surface area contributed by atoms with E-state index in [9.17, 15) is 18.0 Å². The Balaban J connectivity index is 2.00. The van der Waals surface area contributed by atoms with E-state index in [1.807, 2.05) is 0 Å². The minimum Gasteiger partial charge on any atom is -0.467 e. The molecule has 0 saturated heterocycles. The van der Waals surface area contributed by atoms with E-state index in [0.717, 1.165) is 12.1 Å².